The van der Waals surface area contributed by atoms with E-state index < -0.39 is 12.1 Å². The van der Waals surface area contributed by atoms with E-state index in [2.05, 4.69) is 0 Å². The molecule has 1 rings (SSSR count). The summed E-state index contributed by atoms with van der Waals surface area (Å²) in [7, 11) is 0. The number of hydrogen-bond donors (Lipinski definition) is 1. The van der Waals surface area contributed by atoms with E-state index in [4.69, 9.17) is 4.74 Å². The van der Waals surface area contributed by atoms with E-state index in [9.17, 15) is 9.90 Å². The van der Waals surface area contributed by atoms with E-state index in [1.165, 1.54) is 0 Å². The molecule has 0 amide bonds. The Kier molecular flexibility index (Phi) is 3.86. The van der Waals surface area contributed by atoms with Crippen LogP contribution in [0.1, 0.15) is 31.1 Å². The summed E-state index contributed by atoms with van der Waals surface area (Å²) in [6.07, 6.45) is -1.40. The molecule has 0 radical (unpaired) electrons. The molecule has 0 saturated carbocycles. The number of hydrogen-bond acceptors (Lipinski definition) is 3. The fourth-order valence-electron chi connectivity index (χ4n) is 1.18. The first-order valence-corrected chi connectivity index (χ1v) is 4.96. The molecule has 3 heteroatoms. The van der Waals surface area contributed by atoms with Gasteiger partial charge in [-0.2, -0.15) is 0 Å². The highest BCUT2D eigenvalue weighted by Crippen LogP contribution is 2.15. The van der Waals surface area contributed by atoms with E-state index >= 15 is 0 Å². The summed E-state index contributed by atoms with van der Waals surface area (Å²) >= 11 is 0. The molecule has 0 aliphatic heterocycles. The molecule has 1 aromatic carbocycles. The number of ether oxygens (including phenoxy) is 1. The first-order valence-electron chi connectivity index (χ1n) is 4.96. The number of carbonyl (C=O) groups excluding carboxylic acids is 1. The van der Waals surface area contributed by atoms with Crippen molar-refractivity contribution < 1.29 is 14.6 Å². The molecule has 0 fully saturated rings. The Morgan fingerprint density at radius 2 is 1.80 bits per heavy atom. The second-order valence-electron chi connectivity index (χ2n) is 3.80. The van der Waals surface area contributed by atoms with Crippen LogP contribution in [0, 0.1) is 6.92 Å². The van der Waals surface area contributed by atoms with Crippen LogP contribution in [0.4, 0.5) is 0 Å². The predicted octanol–water partition coefficient (Wildman–Crippen LogP) is 1.98. The van der Waals surface area contributed by atoms with Gasteiger partial charge in [0.05, 0.1) is 6.10 Å². The molecule has 82 valence electrons. The van der Waals surface area contributed by atoms with Gasteiger partial charge in [0.1, 0.15) is 0 Å². The molecule has 0 unspecified atom stereocenters. The first-order chi connectivity index (χ1) is 7.00. The van der Waals surface area contributed by atoms with Crippen LogP contribution in [0.15, 0.2) is 24.3 Å². The quantitative estimate of drug-likeness (QED) is 0.772. The summed E-state index contributed by atoms with van der Waals surface area (Å²) in [6, 6.07) is 7.14. The maximum Gasteiger partial charge on any atom is 0.339 e. The SMILES string of the molecule is Cc1ccc([C@H](O)C(=O)OC(C)C)cc1. The van der Waals surface area contributed by atoms with Crippen molar-refractivity contribution in [1.82, 2.24) is 0 Å². The van der Waals surface area contributed by atoms with Crippen LogP contribution in [-0.2, 0) is 9.53 Å². The Morgan fingerprint density at radius 1 is 1.27 bits per heavy atom. The van der Waals surface area contributed by atoms with Crippen LogP contribution < -0.4 is 0 Å². The van der Waals surface area contributed by atoms with Gasteiger partial charge in [-0.05, 0) is 26.3 Å². The Bertz CT molecular complexity index is 327. The van der Waals surface area contributed by atoms with Crippen molar-refractivity contribution in [3.05, 3.63) is 35.4 Å². The summed E-state index contributed by atoms with van der Waals surface area (Å²) in [5, 5.41) is 9.65. The van der Waals surface area contributed by atoms with Gasteiger partial charge in [-0.15, -0.1) is 0 Å². The van der Waals surface area contributed by atoms with E-state index in [1.54, 1.807) is 26.0 Å². The van der Waals surface area contributed by atoms with Gasteiger partial charge in [-0.1, -0.05) is 29.8 Å². The van der Waals surface area contributed by atoms with Gasteiger partial charge >= 0.3 is 5.97 Å². The van der Waals surface area contributed by atoms with Crippen LogP contribution in [0.2, 0.25) is 0 Å². The molecular formula is C12H16O3. The second kappa shape index (κ2) is 4.94. The molecule has 0 aliphatic rings. The monoisotopic (exact) mass is 208 g/mol. The number of esters is 1. The third-order valence-electron chi connectivity index (χ3n) is 1.97. The van der Waals surface area contributed by atoms with Crippen molar-refractivity contribution in [1.29, 1.82) is 0 Å². The molecule has 0 saturated heterocycles. The fraction of sp³-hybridized carbons (Fsp3) is 0.417. The average Bonchev–Trinajstić information content (AvgIpc) is 2.17. The highest BCUT2D eigenvalue weighted by atomic mass is 16.6. The minimum atomic E-state index is -1.19. The maximum atomic E-state index is 11.4. The van der Waals surface area contributed by atoms with E-state index in [0.29, 0.717) is 5.56 Å². The van der Waals surface area contributed by atoms with E-state index in [1.807, 2.05) is 19.1 Å². The Labute approximate surface area is 89.7 Å². The van der Waals surface area contributed by atoms with Gasteiger partial charge in [0.25, 0.3) is 0 Å². The van der Waals surface area contributed by atoms with Gasteiger partial charge in [0.15, 0.2) is 6.10 Å². The molecule has 0 aromatic heterocycles. The van der Waals surface area contributed by atoms with Crippen molar-refractivity contribution in [3.8, 4) is 0 Å². The number of aliphatic hydroxyl groups excluding tert-OH is 1. The highest BCUT2D eigenvalue weighted by Gasteiger charge is 2.19. The molecule has 3 nitrogen and oxygen atoms in total. The highest BCUT2D eigenvalue weighted by molar-refractivity contribution is 5.76. The summed E-state index contributed by atoms with van der Waals surface area (Å²) in [6.45, 7) is 5.45. The molecule has 1 N–H and O–H groups in total. The zero-order chi connectivity index (χ0) is 11.4. The van der Waals surface area contributed by atoms with E-state index in [-0.39, 0.29) is 6.10 Å². The fourth-order valence-corrected chi connectivity index (χ4v) is 1.18. The molecule has 15 heavy (non-hydrogen) atoms. The van der Waals surface area contributed by atoms with Gasteiger partial charge in [0, 0.05) is 0 Å². The number of benzene rings is 1. The van der Waals surface area contributed by atoms with Gasteiger partial charge in [-0.3, -0.25) is 0 Å². The van der Waals surface area contributed by atoms with Gasteiger partial charge in [0.2, 0.25) is 0 Å². The zero-order valence-electron chi connectivity index (χ0n) is 9.23. The van der Waals surface area contributed by atoms with Crippen LogP contribution >= 0.6 is 0 Å². The number of carbonyl (C=O) groups is 1. The lowest BCUT2D eigenvalue weighted by Crippen LogP contribution is -2.19. The largest absolute Gasteiger partial charge is 0.461 e. The Hall–Kier alpha value is -1.35. The van der Waals surface area contributed by atoms with Crippen LogP contribution in [0.3, 0.4) is 0 Å². The lowest BCUT2D eigenvalue weighted by molar-refractivity contribution is -0.157. The van der Waals surface area contributed by atoms with Gasteiger partial charge in [-0.25, -0.2) is 4.79 Å². The topological polar surface area (TPSA) is 46.5 Å². The standard InChI is InChI=1S/C12H16O3/c1-8(2)15-12(14)11(13)10-6-4-9(3)5-7-10/h4-8,11,13H,1-3H3/t11-/m0/s1. The van der Waals surface area contributed by atoms with Gasteiger partial charge < -0.3 is 9.84 Å². The van der Waals surface area contributed by atoms with E-state index in [0.717, 1.165) is 5.56 Å². The summed E-state index contributed by atoms with van der Waals surface area (Å²) in [4.78, 5) is 11.4. The molecule has 0 spiro atoms. The summed E-state index contributed by atoms with van der Waals surface area (Å²) in [5.74, 6) is -0.603. The third-order valence-corrected chi connectivity index (χ3v) is 1.97. The lowest BCUT2D eigenvalue weighted by Gasteiger charge is -2.13. The Balaban J connectivity index is 2.71. The minimum Gasteiger partial charge on any atom is -0.461 e. The van der Waals surface area contributed by atoms with Crippen molar-refractivity contribution in [3.63, 3.8) is 0 Å². The summed E-state index contributed by atoms with van der Waals surface area (Å²) in [5.41, 5.74) is 1.65. The predicted molar refractivity (Wildman–Crippen MR) is 57.4 cm³/mol. The van der Waals surface area contributed by atoms with Crippen LogP contribution in [-0.4, -0.2) is 17.2 Å². The zero-order valence-corrected chi connectivity index (χ0v) is 9.23. The molecular weight excluding hydrogens is 192 g/mol. The molecule has 1 aromatic rings. The van der Waals surface area contributed by atoms with Crippen molar-refractivity contribution >= 4 is 5.97 Å². The lowest BCUT2D eigenvalue weighted by atomic mass is 10.1. The Morgan fingerprint density at radius 3 is 2.27 bits per heavy atom. The van der Waals surface area contributed by atoms with Crippen LogP contribution in [0.5, 0.6) is 0 Å². The third kappa shape index (κ3) is 3.36. The molecule has 0 bridgehead atoms. The average molecular weight is 208 g/mol. The van der Waals surface area contributed by atoms with Crippen molar-refractivity contribution in [2.45, 2.75) is 33.0 Å². The number of aliphatic hydroxyl groups is 1. The van der Waals surface area contributed by atoms with Crippen LogP contribution in [0.25, 0.3) is 0 Å². The molecule has 0 aliphatic carbocycles. The number of rotatable bonds is 3. The van der Waals surface area contributed by atoms with Crippen molar-refractivity contribution in [2.24, 2.45) is 0 Å². The second-order valence-corrected chi connectivity index (χ2v) is 3.80. The minimum absolute atomic E-state index is 0.211. The maximum absolute atomic E-state index is 11.4. The molecule has 1 atom stereocenters. The normalized spacial score (nSPS) is 12.6. The number of aryl methyl sites for hydroxylation is 1. The van der Waals surface area contributed by atoms with Crippen molar-refractivity contribution in [2.75, 3.05) is 0 Å². The first kappa shape index (κ1) is 11.7. The summed E-state index contributed by atoms with van der Waals surface area (Å²) < 4.78 is 4.91. The smallest absolute Gasteiger partial charge is 0.339 e. The molecule has 0 heterocycles.